The van der Waals surface area contributed by atoms with Gasteiger partial charge in [-0.1, -0.05) is 0 Å². The van der Waals surface area contributed by atoms with Gasteiger partial charge in [-0.3, -0.25) is 14.5 Å². The van der Waals surface area contributed by atoms with E-state index < -0.39 is 0 Å². The third-order valence-electron chi connectivity index (χ3n) is 3.48. The summed E-state index contributed by atoms with van der Waals surface area (Å²) in [5.74, 6) is -0.0660. The summed E-state index contributed by atoms with van der Waals surface area (Å²) in [6.45, 7) is 4.82. The second-order valence-electron chi connectivity index (χ2n) is 5.06. The number of benzene rings is 1. The summed E-state index contributed by atoms with van der Waals surface area (Å²) in [4.78, 5) is 26.8. The number of hydrogen-bond acceptors (Lipinski definition) is 4. The molecule has 0 saturated carbocycles. The molecule has 0 atom stereocenters. The van der Waals surface area contributed by atoms with E-state index in [0.717, 1.165) is 24.5 Å². The van der Waals surface area contributed by atoms with E-state index in [0.29, 0.717) is 19.8 Å². The van der Waals surface area contributed by atoms with Gasteiger partial charge in [0.1, 0.15) is 0 Å². The molecule has 0 bridgehead atoms. The molecule has 0 unspecified atom stereocenters. The van der Waals surface area contributed by atoms with Gasteiger partial charge >= 0.3 is 0 Å². The first-order chi connectivity index (χ1) is 10.1. The Bertz CT molecular complexity index is 495. The third kappa shape index (κ3) is 4.54. The summed E-state index contributed by atoms with van der Waals surface area (Å²) in [5, 5.41) is 2.86. The Kier molecular flexibility index (Phi) is 5.30. The van der Waals surface area contributed by atoms with E-state index in [9.17, 15) is 9.59 Å². The van der Waals surface area contributed by atoms with Crippen LogP contribution in [-0.2, 0) is 14.3 Å². The van der Waals surface area contributed by atoms with Gasteiger partial charge in [0.15, 0.2) is 0 Å². The van der Waals surface area contributed by atoms with Gasteiger partial charge in [0.2, 0.25) is 11.8 Å². The van der Waals surface area contributed by atoms with Gasteiger partial charge in [-0.15, -0.1) is 0 Å². The van der Waals surface area contributed by atoms with Crippen molar-refractivity contribution in [1.82, 2.24) is 4.90 Å². The SMILES string of the molecule is CC(=O)N(C)c1ccc(NC(=O)CN2CCOCC2)cc1. The van der Waals surface area contributed by atoms with E-state index in [-0.39, 0.29) is 11.8 Å². The third-order valence-corrected chi connectivity index (χ3v) is 3.48. The molecule has 1 N–H and O–H groups in total. The van der Waals surface area contributed by atoms with Gasteiger partial charge in [0.05, 0.1) is 19.8 Å². The number of carbonyl (C=O) groups is 2. The second-order valence-corrected chi connectivity index (χ2v) is 5.06. The number of amides is 2. The molecule has 0 aromatic heterocycles. The highest BCUT2D eigenvalue weighted by Gasteiger charge is 2.14. The molecule has 2 rings (SSSR count). The van der Waals surface area contributed by atoms with Gasteiger partial charge in [-0.25, -0.2) is 0 Å². The average molecular weight is 291 g/mol. The number of rotatable bonds is 4. The molecule has 1 aromatic carbocycles. The predicted octanol–water partition coefficient (Wildman–Crippen LogP) is 0.940. The van der Waals surface area contributed by atoms with Crippen LogP contribution in [0.15, 0.2) is 24.3 Å². The lowest BCUT2D eigenvalue weighted by atomic mass is 10.2. The van der Waals surface area contributed by atoms with Crippen LogP contribution in [0.1, 0.15) is 6.92 Å². The highest BCUT2D eigenvalue weighted by molar-refractivity contribution is 5.93. The van der Waals surface area contributed by atoms with Crippen LogP contribution >= 0.6 is 0 Å². The molecule has 2 amide bonds. The molecule has 6 heteroatoms. The van der Waals surface area contributed by atoms with E-state index in [1.165, 1.54) is 6.92 Å². The van der Waals surface area contributed by atoms with E-state index in [1.54, 1.807) is 24.1 Å². The molecule has 6 nitrogen and oxygen atoms in total. The Balaban J connectivity index is 1.87. The zero-order valence-corrected chi connectivity index (χ0v) is 12.5. The summed E-state index contributed by atoms with van der Waals surface area (Å²) in [7, 11) is 1.72. The minimum atomic E-state index is -0.0374. The fourth-order valence-corrected chi connectivity index (χ4v) is 2.11. The monoisotopic (exact) mass is 291 g/mol. The van der Waals surface area contributed by atoms with Crippen LogP contribution in [0, 0.1) is 0 Å². The molecule has 0 spiro atoms. The molecule has 1 saturated heterocycles. The summed E-state index contributed by atoms with van der Waals surface area (Å²) in [6.07, 6.45) is 0. The maximum absolute atomic E-state index is 11.9. The molecule has 1 aromatic rings. The van der Waals surface area contributed by atoms with Crippen molar-refractivity contribution in [2.24, 2.45) is 0 Å². The first kappa shape index (κ1) is 15.5. The number of nitrogens with one attached hydrogen (secondary N) is 1. The predicted molar refractivity (Wildman–Crippen MR) is 81.4 cm³/mol. The van der Waals surface area contributed by atoms with Gasteiger partial charge in [0.25, 0.3) is 0 Å². The van der Waals surface area contributed by atoms with Crippen molar-refractivity contribution in [3.63, 3.8) is 0 Å². The van der Waals surface area contributed by atoms with Gasteiger partial charge in [0, 0.05) is 38.4 Å². The zero-order valence-electron chi connectivity index (χ0n) is 12.5. The maximum atomic E-state index is 11.9. The van der Waals surface area contributed by atoms with Crippen molar-refractivity contribution >= 4 is 23.2 Å². The lowest BCUT2D eigenvalue weighted by molar-refractivity contribution is -0.118. The van der Waals surface area contributed by atoms with Crippen LogP contribution < -0.4 is 10.2 Å². The first-order valence-electron chi connectivity index (χ1n) is 7.00. The van der Waals surface area contributed by atoms with Crippen molar-refractivity contribution < 1.29 is 14.3 Å². The average Bonchev–Trinajstić information content (AvgIpc) is 2.48. The highest BCUT2D eigenvalue weighted by atomic mass is 16.5. The van der Waals surface area contributed by atoms with Gasteiger partial charge in [-0.05, 0) is 24.3 Å². The van der Waals surface area contributed by atoms with Crippen LogP contribution in [-0.4, -0.2) is 56.6 Å². The minimum Gasteiger partial charge on any atom is -0.379 e. The van der Waals surface area contributed by atoms with Crippen LogP contribution in [0.5, 0.6) is 0 Å². The summed E-state index contributed by atoms with van der Waals surface area (Å²) in [5.41, 5.74) is 1.53. The number of ether oxygens (including phenoxy) is 1. The van der Waals surface area contributed by atoms with E-state index in [4.69, 9.17) is 4.74 Å². The Morgan fingerprint density at radius 1 is 1.24 bits per heavy atom. The molecule has 21 heavy (non-hydrogen) atoms. The van der Waals surface area contributed by atoms with Crippen LogP contribution in [0.4, 0.5) is 11.4 Å². The molecule has 0 radical (unpaired) electrons. The van der Waals surface area contributed by atoms with Gasteiger partial charge < -0.3 is 15.0 Å². The summed E-state index contributed by atoms with van der Waals surface area (Å²) >= 11 is 0. The Morgan fingerprint density at radius 3 is 2.43 bits per heavy atom. The van der Waals surface area contributed by atoms with E-state index >= 15 is 0 Å². The standard InChI is InChI=1S/C15H21N3O3/c1-12(19)17(2)14-5-3-13(4-6-14)16-15(20)11-18-7-9-21-10-8-18/h3-6H,7-11H2,1-2H3,(H,16,20). The van der Waals surface area contributed by atoms with Crippen LogP contribution in [0.2, 0.25) is 0 Å². The quantitative estimate of drug-likeness (QED) is 0.897. The number of anilines is 2. The second kappa shape index (κ2) is 7.19. The molecular weight excluding hydrogens is 270 g/mol. The number of hydrogen-bond donors (Lipinski definition) is 1. The molecule has 0 aliphatic carbocycles. The maximum Gasteiger partial charge on any atom is 0.238 e. The van der Waals surface area contributed by atoms with Crippen molar-refractivity contribution in [1.29, 1.82) is 0 Å². The van der Waals surface area contributed by atoms with E-state index in [2.05, 4.69) is 10.2 Å². The van der Waals surface area contributed by atoms with Crippen molar-refractivity contribution in [2.75, 3.05) is 50.1 Å². The molecule has 1 heterocycles. The van der Waals surface area contributed by atoms with Crippen LogP contribution in [0.3, 0.4) is 0 Å². The zero-order chi connectivity index (χ0) is 15.2. The Labute approximate surface area is 124 Å². The molecular formula is C15H21N3O3. The number of nitrogens with zero attached hydrogens (tertiary/aromatic N) is 2. The topological polar surface area (TPSA) is 61.9 Å². The highest BCUT2D eigenvalue weighted by Crippen LogP contribution is 2.17. The largest absolute Gasteiger partial charge is 0.379 e. The fraction of sp³-hybridized carbons (Fsp3) is 0.467. The van der Waals surface area contributed by atoms with Crippen molar-refractivity contribution in [3.8, 4) is 0 Å². The molecule has 114 valence electrons. The molecule has 1 aliphatic heterocycles. The minimum absolute atomic E-state index is 0.0286. The van der Waals surface area contributed by atoms with Gasteiger partial charge in [-0.2, -0.15) is 0 Å². The molecule has 1 fully saturated rings. The first-order valence-corrected chi connectivity index (χ1v) is 7.00. The van der Waals surface area contributed by atoms with Crippen molar-refractivity contribution in [2.45, 2.75) is 6.92 Å². The summed E-state index contributed by atoms with van der Waals surface area (Å²) < 4.78 is 5.25. The van der Waals surface area contributed by atoms with Crippen molar-refractivity contribution in [3.05, 3.63) is 24.3 Å². The molecule has 1 aliphatic rings. The van der Waals surface area contributed by atoms with E-state index in [1.807, 2.05) is 12.1 Å². The summed E-state index contributed by atoms with van der Waals surface area (Å²) in [6, 6.07) is 7.22. The smallest absolute Gasteiger partial charge is 0.238 e. The number of carbonyl (C=O) groups excluding carboxylic acids is 2. The lowest BCUT2D eigenvalue weighted by Gasteiger charge is -2.25. The Hall–Kier alpha value is -1.92. The fourth-order valence-electron chi connectivity index (χ4n) is 2.11. The Morgan fingerprint density at radius 2 is 1.86 bits per heavy atom. The van der Waals surface area contributed by atoms with Crippen LogP contribution in [0.25, 0.3) is 0 Å². The normalized spacial score (nSPS) is 15.5. The lowest BCUT2D eigenvalue weighted by Crippen LogP contribution is -2.41. The number of morpholine rings is 1.